The first-order chi connectivity index (χ1) is 23.4. The van der Waals surface area contributed by atoms with E-state index in [9.17, 15) is 19.5 Å². The predicted molar refractivity (Wildman–Crippen MR) is 202 cm³/mol. The number of nitrogens with two attached hydrogens (primary N) is 1. The highest BCUT2D eigenvalue weighted by Gasteiger charge is 2.19. The Balaban J connectivity index is 3.93. The molecule has 4 N–H and O–H groups in total. The molecule has 7 heteroatoms. The molecule has 48 heavy (non-hydrogen) atoms. The number of ether oxygens (including phenoxy) is 1. The van der Waals surface area contributed by atoms with E-state index in [4.69, 9.17) is 10.5 Å². The maximum Gasteiger partial charge on any atom is 0.326 e. The first-order valence-corrected chi connectivity index (χ1v) is 19.5. The molecular weight excluding hydrogens is 600 g/mol. The highest BCUT2D eigenvalue weighted by atomic mass is 16.5. The number of carbonyl (C=O) groups is 3. The van der Waals surface area contributed by atoms with Gasteiger partial charge in [0, 0.05) is 12.8 Å². The molecule has 0 aliphatic heterocycles. The number of carboxylic acid groups (broad SMARTS) is 1. The summed E-state index contributed by atoms with van der Waals surface area (Å²) in [5.41, 5.74) is 5.46. The van der Waals surface area contributed by atoms with Crippen molar-refractivity contribution < 1.29 is 24.2 Å². The minimum atomic E-state index is -1.02. The molecule has 0 radical (unpaired) electrons. The summed E-state index contributed by atoms with van der Waals surface area (Å²) in [6.45, 7) is 4.73. The molecule has 276 valence electrons. The third-order valence-corrected chi connectivity index (χ3v) is 8.41. The van der Waals surface area contributed by atoms with Gasteiger partial charge in [-0.1, -0.05) is 120 Å². The van der Waals surface area contributed by atoms with Gasteiger partial charge in [-0.3, -0.25) is 9.59 Å². The molecule has 1 amide bonds. The number of allylic oxidation sites excluding steroid dienone is 8. The fourth-order valence-corrected chi connectivity index (χ4v) is 5.50. The SMILES string of the molecule is CC/C=C\C/C=C\C/C=C\C/C=C\CCCCCCCCCCC(=O)OC(CCCCC)CCCCCC(=O)NC(CCCN)C(=O)O. The number of carboxylic acids is 1. The number of carbonyl (C=O) groups excluding carboxylic acids is 2. The molecule has 0 aromatic rings. The summed E-state index contributed by atoms with van der Waals surface area (Å²) in [6, 6.07) is -0.874. The summed E-state index contributed by atoms with van der Waals surface area (Å²) in [5.74, 6) is -1.33. The molecule has 2 atom stereocenters. The third kappa shape index (κ3) is 31.9. The fourth-order valence-electron chi connectivity index (χ4n) is 5.50. The van der Waals surface area contributed by atoms with Crippen molar-refractivity contribution in [1.29, 1.82) is 0 Å². The van der Waals surface area contributed by atoms with Gasteiger partial charge in [0.05, 0.1) is 0 Å². The van der Waals surface area contributed by atoms with Gasteiger partial charge in [0.25, 0.3) is 0 Å². The number of nitrogens with one attached hydrogen (secondary N) is 1. The normalized spacial score (nSPS) is 13.2. The van der Waals surface area contributed by atoms with Crippen LogP contribution >= 0.6 is 0 Å². The minimum Gasteiger partial charge on any atom is -0.480 e. The Hall–Kier alpha value is -2.67. The average molecular weight is 673 g/mol. The van der Waals surface area contributed by atoms with E-state index in [2.05, 4.69) is 67.8 Å². The molecule has 0 aromatic heterocycles. The van der Waals surface area contributed by atoms with Crippen LogP contribution in [0.2, 0.25) is 0 Å². The summed E-state index contributed by atoms with van der Waals surface area (Å²) < 4.78 is 5.88. The van der Waals surface area contributed by atoms with Crippen LogP contribution in [-0.2, 0) is 19.1 Å². The van der Waals surface area contributed by atoms with Crippen LogP contribution in [-0.4, -0.2) is 41.6 Å². The van der Waals surface area contributed by atoms with Gasteiger partial charge in [0.1, 0.15) is 12.1 Å². The van der Waals surface area contributed by atoms with Crippen molar-refractivity contribution in [3.05, 3.63) is 48.6 Å². The molecule has 0 saturated carbocycles. The second kappa shape index (κ2) is 35.6. The lowest BCUT2D eigenvalue weighted by atomic mass is 10.0. The zero-order chi connectivity index (χ0) is 35.3. The summed E-state index contributed by atoms with van der Waals surface area (Å²) >= 11 is 0. The molecule has 0 bridgehead atoms. The molecule has 0 fully saturated rings. The van der Waals surface area contributed by atoms with Gasteiger partial charge in [0.15, 0.2) is 0 Å². The summed E-state index contributed by atoms with van der Waals surface area (Å²) in [6.07, 6.45) is 41.9. The molecule has 0 aliphatic carbocycles. The van der Waals surface area contributed by atoms with Crippen molar-refractivity contribution in [2.75, 3.05) is 6.54 Å². The van der Waals surface area contributed by atoms with Crippen molar-refractivity contribution in [3.8, 4) is 0 Å². The second-order valence-electron chi connectivity index (χ2n) is 13.0. The van der Waals surface area contributed by atoms with Gasteiger partial charge < -0.3 is 20.9 Å². The van der Waals surface area contributed by atoms with Crippen LogP contribution in [0.4, 0.5) is 0 Å². The molecule has 0 saturated heterocycles. The lowest BCUT2D eigenvalue weighted by molar-refractivity contribution is -0.150. The van der Waals surface area contributed by atoms with E-state index in [0.717, 1.165) is 83.5 Å². The van der Waals surface area contributed by atoms with Crippen molar-refractivity contribution >= 4 is 17.8 Å². The zero-order valence-electron chi connectivity index (χ0n) is 30.8. The van der Waals surface area contributed by atoms with E-state index in [1.165, 1.54) is 44.9 Å². The maximum absolute atomic E-state index is 12.6. The molecule has 0 rings (SSSR count). The van der Waals surface area contributed by atoms with Gasteiger partial charge in [-0.05, 0) is 96.4 Å². The van der Waals surface area contributed by atoms with Gasteiger partial charge in [-0.2, -0.15) is 0 Å². The lowest BCUT2D eigenvalue weighted by Gasteiger charge is -2.18. The highest BCUT2D eigenvalue weighted by Crippen LogP contribution is 2.17. The molecule has 0 aliphatic rings. The molecular formula is C41H72N2O5. The quantitative estimate of drug-likeness (QED) is 0.0356. The van der Waals surface area contributed by atoms with E-state index in [1.807, 2.05) is 0 Å². The van der Waals surface area contributed by atoms with Gasteiger partial charge in [-0.25, -0.2) is 4.79 Å². The Labute approximate surface area is 294 Å². The number of unbranched alkanes of at least 4 members (excludes halogenated alkanes) is 12. The molecule has 0 aromatic carbocycles. The number of rotatable bonds is 34. The van der Waals surface area contributed by atoms with E-state index in [0.29, 0.717) is 38.6 Å². The van der Waals surface area contributed by atoms with Crippen molar-refractivity contribution in [2.24, 2.45) is 5.73 Å². The number of esters is 1. The standard InChI is InChI=1S/C41H72N2O5/c1-3-5-7-8-9-10-11-12-13-14-15-16-17-18-19-20-21-22-23-24-29-35-40(45)48-37(31-26-6-4-2)32-27-25-28-34-39(44)43-38(41(46)47)33-30-36-42/h5,7,9-10,12-13,15-16,37-38H,3-4,6,8,11,14,17-36,42H2,1-2H3,(H,43,44)(H,46,47)/b7-5-,10-9-,13-12-,16-15-. The summed E-state index contributed by atoms with van der Waals surface area (Å²) in [4.78, 5) is 36.0. The number of hydrogen-bond donors (Lipinski definition) is 3. The molecule has 0 spiro atoms. The van der Waals surface area contributed by atoms with Crippen LogP contribution in [0.15, 0.2) is 48.6 Å². The topological polar surface area (TPSA) is 119 Å². The van der Waals surface area contributed by atoms with E-state index in [1.54, 1.807) is 0 Å². The van der Waals surface area contributed by atoms with E-state index < -0.39 is 12.0 Å². The van der Waals surface area contributed by atoms with Crippen LogP contribution in [0.3, 0.4) is 0 Å². The molecule has 0 heterocycles. The number of amides is 1. The van der Waals surface area contributed by atoms with Crippen LogP contribution in [0, 0.1) is 0 Å². The Morgan fingerprint density at radius 1 is 0.625 bits per heavy atom. The number of aliphatic carboxylic acids is 1. The summed E-state index contributed by atoms with van der Waals surface area (Å²) in [5, 5.41) is 11.9. The Bertz CT molecular complexity index is 895. The van der Waals surface area contributed by atoms with Crippen molar-refractivity contribution in [1.82, 2.24) is 5.32 Å². The van der Waals surface area contributed by atoms with Gasteiger partial charge in [0.2, 0.25) is 5.91 Å². The first kappa shape index (κ1) is 45.3. The zero-order valence-corrected chi connectivity index (χ0v) is 30.8. The van der Waals surface area contributed by atoms with Crippen LogP contribution < -0.4 is 11.1 Å². The van der Waals surface area contributed by atoms with Gasteiger partial charge in [-0.15, -0.1) is 0 Å². The summed E-state index contributed by atoms with van der Waals surface area (Å²) in [7, 11) is 0. The maximum atomic E-state index is 12.6. The molecule has 2 unspecified atom stereocenters. The van der Waals surface area contributed by atoms with Crippen LogP contribution in [0.5, 0.6) is 0 Å². The largest absolute Gasteiger partial charge is 0.480 e. The monoisotopic (exact) mass is 673 g/mol. The van der Waals surface area contributed by atoms with E-state index in [-0.39, 0.29) is 18.0 Å². The van der Waals surface area contributed by atoms with Gasteiger partial charge >= 0.3 is 11.9 Å². The first-order valence-electron chi connectivity index (χ1n) is 19.5. The minimum absolute atomic E-state index is 0.0535. The van der Waals surface area contributed by atoms with Crippen molar-refractivity contribution in [2.45, 2.75) is 187 Å². The van der Waals surface area contributed by atoms with Crippen LogP contribution in [0.25, 0.3) is 0 Å². The Kier molecular flexibility index (Phi) is 33.7. The smallest absolute Gasteiger partial charge is 0.326 e. The Morgan fingerprint density at radius 3 is 1.73 bits per heavy atom. The predicted octanol–water partition coefficient (Wildman–Crippen LogP) is 10.4. The lowest BCUT2D eigenvalue weighted by Crippen LogP contribution is -2.40. The van der Waals surface area contributed by atoms with Crippen molar-refractivity contribution in [3.63, 3.8) is 0 Å². The third-order valence-electron chi connectivity index (χ3n) is 8.41. The van der Waals surface area contributed by atoms with E-state index >= 15 is 0 Å². The van der Waals surface area contributed by atoms with Crippen LogP contribution in [0.1, 0.15) is 174 Å². The second-order valence-corrected chi connectivity index (χ2v) is 13.0. The number of hydrogen-bond acceptors (Lipinski definition) is 5. The average Bonchev–Trinajstić information content (AvgIpc) is 3.07. The highest BCUT2D eigenvalue weighted by molar-refractivity contribution is 5.83. The fraction of sp³-hybridized carbons (Fsp3) is 0.732. The Morgan fingerprint density at radius 2 is 1.15 bits per heavy atom. The molecule has 7 nitrogen and oxygen atoms in total.